The van der Waals surface area contributed by atoms with Crippen LogP contribution in [0.2, 0.25) is 0 Å². The molecule has 1 N–H and O–H groups in total. The molecule has 0 amide bonds. The van der Waals surface area contributed by atoms with Crippen molar-refractivity contribution >= 4 is 17.3 Å². The Hall–Kier alpha value is -2.66. The highest BCUT2D eigenvalue weighted by Gasteiger charge is 2.41. The molecule has 2 aromatic heterocycles. The molecule has 1 aliphatic rings. The average Bonchev–Trinajstić information content (AvgIpc) is 3.27. The van der Waals surface area contributed by atoms with Gasteiger partial charge in [-0.05, 0) is 62.0 Å². The van der Waals surface area contributed by atoms with E-state index in [9.17, 15) is 0 Å². The zero-order valence-corrected chi connectivity index (χ0v) is 15.7. The molecule has 5 heteroatoms. The van der Waals surface area contributed by atoms with E-state index in [2.05, 4.69) is 82.4 Å². The third-order valence-electron chi connectivity index (χ3n) is 4.80. The van der Waals surface area contributed by atoms with Gasteiger partial charge in [0.1, 0.15) is 0 Å². The lowest BCUT2D eigenvalue weighted by molar-refractivity contribution is 0.269. The second-order valence-electron chi connectivity index (χ2n) is 6.82. The number of hydrogen-bond acceptors (Lipinski definition) is 2. The third-order valence-corrected chi connectivity index (χ3v) is 5.13. The maximum Gasteiger partial charge on any atom is 0.170 e. The highest BCUT2D eigenvalue weighted by Crippen LogP contribution is 2.40. The first-order valence-electron chi connectivity index (χ1n) is 8.88. The Labute approximate surface area is 159 Å². The molecule has 0 aliphatic carbocycles. The molecule has 0 radical (unpaired) electrons. The van der Waals surface area contributed by atoms with Crippen molar-refractivity contribution in [2.24, 2.45) is 0 Å². The summed E-state index contributed by atoms with van der Waals surface area (Å²) in [6.45, 7) is 4.35. The number of nitrogens with zero attached hydrogens (tertiary/aromatic N) is 3. The maximum absolute atomic E-state index is 5.65. The number of aromatic nitrogens is 2. The number of thiocarbonyl (C=S) groups is 1. The van der Waals surface area contributed by atoms with Crippen molar-refractivity contribution in [3.05, 3.63) is 84.4 Å². The van der Waals surface area contributed by atoms with Gasteiger partial charge in [-0.2, -0.15) is 0 Å². The SMILES string of the molecule is CC(C)N1C(=S)N[C@@H](c2ccccn2)[C@H]1c1ccn(-c2ccccc2)c1. The molecule has 0 spiro atoms. The highest BCUT2D eigenvalue weighted by atomic mass is 32.1. The molecule has 1 aliphatic heterocycles. The monoisotopic (exact) mass is 362 g/mol. The maximum atomic E-state index is 5.65. The van der Waals surface area contributed by atoms with Gasteiger partial charge in [-0.1, -0.05) is 24.3 Å². The molecule has 2 atom stereocenters. The molecule has 4 nitrogen and oxygen atoms in total. The fourth-order valence-corrected chi connectivity index (χ4v) is 4.08. The summed E-state index contributed by atoms with van der Waals surface area (Å²) in [5.74, 6) is 0. The lowest BCUT2D eigenvalue weighted by atomic mass is 9.98. The molecule has 3 aromatic rings. The average molecular weight is 363 g/mol. The fraction of sp³-hybridized carbons (Fsp3) is 0.238. The summed E-state index contributed by atoms with van der Waals surface area (Å²) in [6, 6.07) is 19.0. The standard InChI is InChI=1S/C21H22N4S/c1-15(2)25-20(19(23-21(25)26)18-10-6-7-12-22-18)16-11-13-24(14-16)17-8-4-3-5-9-17/h3-15,19-20H,1-2H3,(H,23,26)/t19-,20+/m0/s1. The fourth-order valence-electron chi connectivity index (χ4n) is 3.63. The van der Waals surface area contributed by atoms with Crippen LogP contribution in [0.25, 0.3) is 5.69 Å². The Morgan fingerprint density at radius 1 is 1.04 bits per heavy atom. The lowest BCUT2D eigenvalue weighted by Gasteiger charge is -2.30. The van der Waals surface area contributed by atoms with Gasteiger partial charge in [0.2, 0.25) is 0 Å². The van der Waals surface area contributed by atoms with Crippen molar-refractivity contribution < 1.29 is 0 Å². The molecule has 0 bridgehead atoms. The Morgan fingerprint density at radius 3 is 2.50 bits per heavy atom. The summed E-state index contributed by atoms with van der Waals surface area (Å²) in [7, 11) is 0. The molecule has 0 unspecified atom stereocenters. The van der Waals surface area contributed by atoms with E-state index in [-0.39, 0.29) is 12.1 Å². The van der Waals surface area contributed by atoms with E-state index in [0.29, 0.717) is 6.04 Å². The van der Waals surface area contributed by atoms with Crippen LogP contribution in [0.3, 0.4) is 0 Å². The van der Waals surface area contributed by atoms with Crippen molar-refractivity contribution in [1.82, 2.24) is 19.8 Å². The van der Waals surface area contributed by atoms with Crippen LogP contribution in [0.1, 0.15) is 37.2 Å². The largest absolute Gasteiger partial charge is 0.352 e. The highest BCUT2D eigenvalue weighted by molar-refractivity contribution is 7.80. The molecule has 1 aromatic carbocycles. The normalized spacial score (nSPS) is 19.8. The van der Waals surface area contributed by atoms with Crippen LogP contribution in [-0.2, 0) is 0 Å². The van der Waals surface area contributed by atoms with Gasteiger partial charge in [0, 0.05) is 30.3 Å². The van der Waals surface area contributed by atoms with E-state index < -0.39 is 0 Å². The van der Waals surface area contributed by atoms with Gasteiger partial charge in [-0.15, -0.1) is 0 Å². The molecule has 0 saturated carbocycles. The predicted molar refractivity (Wildman–Crippen MR) is 108 cm³/mol. The predicted octanol–water partition coefficient (Wildman–Crippen LogP) is 4.25. The summed E-state index contributed by atoms with van der Waals surface area (Å²) >= 11 is 5.65. The van der Waals surface area contributed by atoms with E-state index in [1.165, 1.54) is 5.56 Å². The molecule has 4 rings (SSSR count). The van der Waals surface area contributed by atoms with Crippen molar-refractivity contribution in [3.8, 4) is 5.69 Å². The minimum absolute atomic E-state index is 0.0396. The molecule has 3 heterocycles. The van der Waals surface area contributed by atoms with Gasteiger partial charge in [0.25, 0.3) is 0 Å². The van der Waals surface area contributed by atoms with E-state index >= 15 is 0 Å². The van der Waals surface area contributed by atoms with E-state index in [4.69, 9.17) is 12.2 Å². The first-order valence-corrected chi connectivity index (χ1v) is 9.29. The third kappa shape index (κ3) is 2.99. The Kier molecular flexibility index (Phi) is 4.47. The summed E-state index contributed by atoms with van der Waals surface area (Å²) in [6.07, 6.45) is 6.14. The van der Waals surface area contributed by atoms with Crippen LogP contribution >= 0.6 is 12.2 Å². The molecule has 132 valence electrons. The van der Waals surface area contributed by atoms with Crippen molar-refractivity contribution in [3.63, 3.8) is 0 Å². The minimum atomic E-state index is 0.0396. The number of pyridine rings is 1. The smallest absolute Gasteiger partial charge is 0.170 e. The van der Waals surface area contributed by atoms with E-state index in [0.717, 1.165) is 16.5 Å². The van der Waals surface area contributed by atoms with Gasteiger partial charge in [0.15, 0.2) is 5.11 Å². The van der Waals surface area contributed by atoms with Gasteiger partial charge in [-0.3, -0.25) is 4.98 Å². The summed E-state index contributed by atoms with van der Waals surface area (Å²) in [5, 5.41) is 4.27. The van der Waals surface area contributed by atoms with Crippen molar-refractivity contribution in [2.75, 3.05) is 0 Å². The van der Waals surface area contributed by atoms with Crippen LogP contribution < -0.4 is 5.32 Å². The van der Waals surface area contributed by atoms with Gasteiger partial charge in [0.05, 0.1) is 17.8 Å². The lowest BCUT2D eigenvalue weighted by Crippen LogP contribution is -2.35. The molecular weight excluding hydrogens is 340 g/mol. The van der Waals surface area contributed by atoms with Crippen LogP contribution in [0, 0.1) is 0 Å². The summed E-state index contributed by atoms with van der Waals surface area (Å²) < 4.78 is 2.16. The quantitative estimate of drug-likeness (QED) is 0.703. The van der Waals surface area contributed by atoms with Crippen molar-refractivity contribution in [1.29, 1.82) is 0 Å². The van der Waals surface area contributed by atoms with Crippen molar-refractivity contribution in [2.45, 2.75) is 32.0 Å². The van der Waals surface area contributed by atoms with Gasteiger partial charge < -0.3 is 14.8 Å². The minimum Gasteiger partial charge on any atom is -0.352 e. The number of hydrogen-bond donors (Lipinski definition) is 1. The topological polar surface area (TPSA) is 33.1 Å². The van der Waals surface area contributed by atoms with E-state index in [1.54, 1.807) is 0 Å². The Morgan fingerprint density at radius 2 is 1.81 bits per heavy atom. The van der Waals surface area contributed by atoms with E-state index in [1.807, 2.05) is 24.4 Å². The Bertz CT molecular complexity index is 889. The number of nitrogens with one attached hydrogen (secondary N) is 1. The van der Waals surface area contributed by atoms with Gasteiger partial charge in [-0.25, -0.2) is 0 Å². The van der Waals surface area contributed by atoms with Crippen LogP contribution in [-0.4, -0.2) is 25.6 Å². The van der Waals surface area contributed by atoms with Crippen LogP contribution in [0.4, 0.5) is 0 Å². The van der Waals surface area contributed by atoms with Crippen LogP contribution in [0.5, 0.6) is 0 Å². The second-order valence-corrected chi connectivity index (χ2v) is 7.20. The number of benzene rings is 1. The zero-order chi connectivity index (χ0) is 18.1. The second kappa shape index (κ2) is 6.92. The zero-order valence-electron chi connectivity index (χ0n) is 14.9. The Balaban J connectivity index is 1.75. The molecule has 1 fully saturated rings. The number of para-hydroxylation sites is 1. The molecule has 1 saturated heterocycles. The number of rotatable bonds is 4. The molecule has 26 heavy (non-hydrogen) atoms. The van der Waals surface area contributed by atoms with Crippen LogP contribution in [0.15, 0.2) is 73.2 Å². The van der Waals surface area contributed by atoms with Gasteiger partial charge >= 0.3 is 0 Å². The summed E-state index contributed by atoms with van der Waals surface area (Å²) in [5.41, 5.74) is 3.39. The first-order chi connectivity index (χ1) is 12.6. The summed E-state index contributed by atoms with van der Waals surface area (Å²) in [4.78, 5) is 6.85. The molecular formula is C21H22N4S. The first kappa shape index (κ1) is 16.8.